The number of Topliss-reactive ketones (excluding diaryl/α,β-unsaturated/α-hetero) is 2. The summed E-state index contributed by atoms with van der Waals surface area (Å²) < 4.78 is 2.19. The molecule has 3 heteroatoms. The number of aryl methyl sites for hydroxylation is 3. The summed E-state index contributed by atoms with van der Waals surface area (Å²) in [5.41, 5.74) is 7.05. The zero-order valence-electron chi connectivity index (χ0n) is 14.8. The third-order valence-corrected chi connectivity index (χ3v) is 4.77. The minimum atomic E-state index is -0.0254. The molecule has 0 N–H and O–H groups in total. The van der Waals surface area contributed by atoms with Gasteiger partial charge >= 0.3 is 0 Å². The van der Waals surface area contributed by atoms with Crippen LogP contribution in [0.3, 0.4) is 0 Å². The van der Waals surface area contributed by atoms with Crippen molar-refractivity contribution in [3.63, 3.8) is 0 Å². The second-order valence-corrected chi connectivity index (χ2v) is 6.71. The molecule has 0 spiro atoms. The van der Waals surface area contributed by atoms with Crippen LogP contribution in [0.2, 0.25) is 0 Å². The molecule has 2 aromatic rings. The number of hydrogen-bond donors (Lipinski definition) is 0. The maximum atomic E-state index is 12.1. The van der Waals surface area contributed by atoms with E-state index in [2.05, 4.69) is 49.6 Å². The van der Waals surface area contributed by atoms with Crippen LogP contribution in [-0.2, 0) is 9.59 Å². The van der Waals surface area contributed by atoms with Crippen molar-refractivity contribution in [2.24, 2.45) is 0 Å². The lowest BCUT2D eigenvalue weighted by Crippen LogP contribution is -2.18. The molecule has 24 heavy (non-hydrogen) atoms. The van der Waals surface area contributed by atoms with Crippen LogP contribution < -0.4 is 0 Å². The van der Waals surface area contributed by atoms with Crippen LogP contribution in [0.4, 0.5) is 0 Å². The monoisotopic (exact) mass is 321 g/mol. The van der Waals surface area contributed by atoms with E-state index in [4.69, 9.17) is 0 Å². The molecule has 0 saturated heterocycles. The summed E-state index contributed by atoms with van der Waals surface area (Å²) in [7, 11) is 0. The van der Waals surface area contributed by atoms with Gasteiger partial charge in [0.05, 0.1) is 5.57 Å². The van der Waals surface area contributed by atoms with Gasteiger partial charge in [-0.05, 0) is 63.5 Å². The zero-order valence-corrected chi connectivity index (χ0v) is 14.8. The van der Waals surface area contributed by atoms with Crippen LogP contribution >= 0.6 is 0 Å². The standard InChI is InChI=1S/C21H23NO2/c1-13-8-9-19(14(2)10-13)22-15(3)11-17(16(22)4)12-18-20(23)6-5-7-21(18)24/h8-12H,5-7H2,1-4H3. The first kappa shape index (κ1) is 16.4. The Balaban J connectivity index is 2.10. The van der Waals surface area contributed by atoms with Crippen molar-refractivity contribution in [1.29, 1.82) is 0 Å². The lowest BCUT2D eigenvalue weighted by atomic mass is 9.91. The molecule has 3 nitrogen and oxygen atoms in total. The van der Waals surface area contributed by atoms with E-state index in [1.165, 1.54) is 11.1 Å². The van der Waals surface area contributed by atoms with Crippen LogP contribution in [0.5, 0.6) is 0 Å². The number of benzene rings is 1. The molecule has 0 bridgehead atoms. The number of hydrogen-bond acceptors (Lipinski definition) is 2. The Morgan fingerprint density at radius 3 is 2.25 bits per heavy atom. The van der Waals surface area contributed by atoms with E-state index in [1.807, 2.05) is 6.92 Å². The molecule has 1 aromatic carbocycles. The molecule has 0 aliphatic heterocycles. The predicted molar refractivity (Wildman–Crippen MR) is 96.6 cm³/mol. The number of carbonyl (C=O) groups is 2. The number of aromatic nitrogens is 1. The van der Waals surface area contributed by atoms with E-state index < -0.39 is 0 Å². The average molecular weight is 321 g/mol. The van der Waals surface area contributed by atoms with Gasteiger partial charge in [0.15, 0.2) is 11.6 Å². The van der Waals surface area contributed by atoms with Gasteiger partial charge in [0.1, 0.15) is 0 Å². The minimum absolute atomic E-state index is 0.0254. The molecule has 1 aliphatic carbocycles. The third-order valence-electron chi connectivity index (χ3n) is 4.77. The van der Waals surface area contributed by atoms with Crippen molar-refractivity contribution in [2.75, 3.05) is 0 Å². The molecular weight excluding hydrogens is 298 g/mol. The first-order chi connectivity index (χ1) is 11.4. The zero-order chi connectivity index (χ0) is 17.4. The molecule has 1 fully saturated rings. The molecule has 0 unspecified atom stereocenters. The van der Waals surface area contributed by atoms with Crippen molar-refractivity contribution < 1.29 is 9.59 Å². The quantitative estimate of drug-likeness (QED) is 0.607. The van der Waals surface area contributed by atoms with Gasteiger partial charge in [0.25, 0.3) is 0 Å². The second kappa shape index (κ2) is 6.23. The van der Waals surface area contributed by atoms with Crippen molar-refractivity contribution in [3.05, 3.63) is 57.9 Å². The van der Waals surface area contributed by atoms with Crippen LogP contribution in [-0.4, -0.2) is 16.1 Å². The van der Waals surface area contributed by atoms with Crippen molar-refractivity contribution in [2.45, 2.75) is 47.0 Å². The number of rotatable bonds is 2. The maximum absolute atomic E-state index is 12.1. The fourth-order valence-electron chi connectivity index (χ4n) is 3.51. The number of allylic oxidation sites excluding steroid dienone is 1. The highest BCUT2D eigenvalue weighted by Gasteiger charge is 2.23. The molecule has 1 aliphatic rings. The summed E-state index contributed by atoms with van der Waals surface area (Å²) in [5, 5.41) is 0. The van der Waals surface area contributed by atoms with Gasteiger partial charge in [-0.1, -0.05) is 17.7 Å². The molecule has 0 radical (unpaired) electrons. The van der Waals surface area contributed by atoms with Crippen molar-refractivity contribution >= 4 is 17.6 Å². The Morgan fingerprint density at radius 2 is 1.62 bits per heavy atom. The van der Waals surface area contributed by atoms with E-state index in [-0.39, 0.29) is 11.6 Å². The molecular formula is C21H23NO2. The minimum Gasteiger partial charge on any atom is -0.318 e. The summed E-state index contributed by atoms with van der Waals surface area (Å²) >= 11 is 0. The van der Waals surface area contributed by atoms with Gasteiger partial charge in [-0.3, -0.25) is 9.59 Å². The predicted octanol–water partition coefficient (Wildman–Crippen LogP) is 4.42. The number of nitrogens with zero attached hydrogens (tertiary/aromatic N) is 1. The fourth-order valence-corrected chi connectivity index (χ4v) is 3.51. The Kier molecular flexibility index (Phi) is 4.27. The molecule has 1 heterocycles. The van der Waals surface area contributed by atoms with E-state index in [1.54, 1.807) is 6.08 Å². The van der Waals surface area contributed by atoms with Gasteiger partial charge in [-0.25, -0.2) is 0 Å². The summed E-state index contributed by atoms with van der Waals surface area (Å²) in [6, 6.07) is 8.45. The molecule has 124 valence electrons. The first-order valence-electron chi connectivity index (χ1n) is 8.43. The summed E-state index contributed by atoms with van der Waals surface area (Å²) in [6.45, 7) is 8.28. The number of ketones is 2. The maximum Gasteiger partial charge on any atom is 0.166 e. The van der Waals surface area contributed by atoms with E-state index in [9.17, 15) is 9.59 Å². The molecule has 0 atom stereocenters. The highest BCUT2D eigenvalue weighted by molar-refractivity contribution is 6.24. The summed E-state index contributed by atoms with van der Waals surface area (Å²) in [4.78, 5) is 24.2. The lowest BCUT2D eigenvalue weighted by Gasteiger charge is -2.14. The SMILES string of the molecule is Cc1ccc(-n2c(C)cc(C=C3C(=O)CCCC3=O)c2C)c(C)c1. The molecule has 1 saturated carbocycles. The van der Waals surface area contributed by atoms with Crippen LogP contribution in [0.15, 0.2) is 29.8 Å². The van der Waals surface area contributed by atoms with Crippen LogP contribution in [0.1, 0.15) is 47.3 Å². The molecule has 0 amide bonds. The van der Waals surface area contributed by atoms with Gasteiger partial charge < -0.3 is 4.57 Å². The summed E-state index contributed by atoms with van der Waals surface area (Å²) in [6.07, 6.45) is 3.42. The smallest absolute Gasteiger partial charge is 0.166 e. The Hall–Kier alpha value is -2.42. The van der Waals surface area contributed by atoms with E-state index in [0.717, 1.165) is 22.6 Å². The van der Waals surface area contributed by atoms with Gasteiger partial charge in [-0.2, -0.15) is 0 Å². The highest BCUT2D eigenvalue weighted by atomic mass is 16.1. The second-order valence-electron chi connectivity index (χ2n) is 6.71. The largest absolute Gasteiger partial charge is 0.318 e. The van der Waals surface area contributed by atoms with E-state index in [0.29, 0.717) is 24.8 Å². The lowest BCUT2D eigenvalue weighted by molar-refractivity contribution is -0.123. The van der Waals surface area contributed by atoms with Gasteiger partial charge in [-0.15, -0.1) is 0 Å². The normalized spacial score (nSPS) is 15.1. The molecule has 3 rings (SSSR count). The number of carbonyl (C=O) groups excluding carboxylic acids is 2. The van der Waals surface area contributed by atoms with E-state index >= 15 is 0 Å². The molecule has 1 aromatic heterocycles. The first-order valence-corrected chi connectivity index (χ1v) is 8.43. The highest BCUT2D eigenvalue weighted by Crippen LogP contribution is 2.27. The Morgan fingerprint density at radius 1 is 0.958 bits per heavy atom. The van der Waals surface area contributed by atoms with Crippen molar-refractivity contribution in [3.8, 4) is 5.69 Å². The third kappa shape index (κ3) is 2.86. The average Bonchev–Trinajstić information content (AvgIpc) is 2.78. The van der Waals surface area contributed by atoms with Crippen molar-refractivity contribution in [1.82, 2.24) is 4.57 Å². The van der Waals surface area contributed by atoms with Crippen LogP contribution in [0.25, 0.3) is 11.8 Å². The Labute approximate surface area is 143 Å². The fraction of sp³-hybridized carbons (Fsp3) is 0.333. The van der Waals surface area contributed by atoms with Gasteiger partial charge in [0, 0.05) is 29.9 Å². The van der Waals surface area contributed by atoms with Crippen LogP contribution in [0, 0.1) is 27.7 Å². The topological polar surface area (TPSA) is 39.1 Å². The Bertz CT molecular complexity index is 850. The van der Waals surface area contributed by atoms with Gasteiger partial charge in [0.2, 0.25) is 0 Å². The summed E-state index contributed by atoms with van der Waals surface area (Å²) in [5.74, 6) is -0.0508.